The maximum Gasteiger partial charge on any atom is 0.127 e. The van der Waals surface area contributed by atoms with Crippen molar-refractivity contribution in [2.24, 2.45) is 0 Å². The number of alkyl halides is 1. The Morgan fingerprint density at radius 2 is 2.00 bits per heavy atom. The van der Waals surface area contributed by atoms with Crippen LogP contribution in [0.5, 0.6) is 5.75 Å². The lowest BCUT2D eigenvalue weighted by Crippen LogP contribution is -1.99. The number of hydrogen-bond donors (Lipinski definition) is 0. The van der Waals surface area contributed by atoms with Gasteiger partial charge in [-0.15, -0.1) is 11.6 Å². The van der Waals surface area contributed by atoms with Gasteiger partial charge in [0.05, 0.1) is 12.0 Å². The van der Waals surface area contributed by atoms with Gasteiger partial charge in [-0.05, 0) is 29.7 Å². The van der Waals surface area contributed by atoms with Crippen molar-refractivity contribution in [2.75, 3.05) is 6.61 Å². The number of ether oxygens (including phenoxy) is 1. The summed E-state index contributed by atoms with van der Waals surface area (Å²) in [5.74, 6) is 0.985. The normalized spacial score (nSPS) is 14.8. The first-order valence-electron chi connectivity index (χ1n) is 6.37. The zero-order valence-corrected chi connectivity index (χ0v) is 12.7. The molecule has 0 aromatic heterocycles. The molecule has 1 aliphatic rings. The molecule has 98 valence electrons. The Morgan fingerprint density at radius 3 is 2.79 bits per heavy atom. The zero-order valence-electron chi connectivity index (χ0n) is 10.4. The van der Waals surface area contributed by atoms with Crippen molar-refractivity contribution in [1.82, 2.24) is 0 Å². The van der Waals surface area contributed by atoms with Crippen molar-refractivity contribution in [1.29, 1.82) is 0 Å². The quantitative estimate of drug-likeness (QED) is 0.723. The first-order valence-corrected chi connectivity index (χ1v) is 7.60. The van der Waals surface area contributed by atoms with E-state index in [-0.39, 0.29) is 5.38 Å². The summed E-state index contributed by atoms with van der Waals surface area (Å²) < 4.78 is 6.81. The molecular weight excluding hydrogens is 324 g/mol. The van der Waals surface area contributed by atoms with Gasteiger partial charge in [-0.25, -0.2) is 0 Å². The molecule has 0 radical (unpaired) electrons. The van der Waals surface area contributed by atoms with Gasteiger partial charge in [0, 0.05) is 16.5 Å². The maximum absolute atomic E-state index is 6.60. The van der Waals surface area contributed by atoms with Crippen LogP contribution in [0.25, 0.3) is 0 Å². The fraction of sp³-hybridized carbons (Fsp3) is 0.250. The molecule has 1 aliphatic heterocycles. The Bertz CT molecular complexity index is 583. The summed E-state index contributed by atoms with van der Waals surface area (Å²) in [4.78, 5) is 0. The molecule has 0 bridgehead atoms. The Hall–Kier alpha value is -0.990. The molecule has 2 aromatic carbocycles. The molecule has 3 rings (SSSR count). The summed E-state index contributed by atoms with van der Waals surface area (Å²) in [6.45, 7) is 0.758. The molecule has 0 amide bonds. The van der Waals surface area contributed by atoms with Crippen molar-refractivity contribution < 1.29 is 4.74 Å². The molecular formula is C16H14BrClO. The standard InChI is InChI=1S/C16H14BrClO/c17-13-9-12-6-7-19-16(12)14(10-13)15(18)8-11-4-2-1-3-5-11/h1-5,9-10,15H,6-8H2. The van der Waals surface area contributed by atoms with E-state index in [9.17, 15) is 0 Å². The minimum atomic E-state index is -0.0632. The van der Waals surface area contributed by atoms with Gasteiger partial charge in [-0.3, -0.25) is 0 Å². The number of rotatable bonds is 3. The number of benzene rings is 2. The van der Waals surface area contributed by atoms with Crippen LogP contribution in [-0.4, -0.2) is 6.61 Å². The number of hydrogen-bond acceptors (Lipinski definition) is 1. The predicted molar refractivity (Wildman–Crippen MR) is 82.1 cm³/mol. The Balaban J connectivity index is 1.90. The van der Waals surface area contributed by atoms with Crippen LogP contribution in [0.3, 0.4) is 0 Å². The lowest BCUT2D eigenvalue weighted by atomic mass is 10.0. The van der Waals surface area contributed by atoms with E-state index >= 15 is 0 Å². The van der Waals surface area contributed by atoms with Gasteiger partial charge in [0.15, 0.2) is 0 Å². The maximum atomic E-state index is 6.60. The summed E-state index contributed by atoms with van der Waals surface area (Å²) >= 11 is 10.2. The zero-order chi connectivity index (χ0) is 13.2. The molecule has 0 spiro atoms. The number of halogens is 2. The lowest BCUT2D eigenvalue weighted by molar-refractivity contribution is 0.353. The Morgan fingerprint density at radius 1 is 1.21 bits per heavy atom. The summed E-state index contributed by atoms with van der Waals surface area (Å²) in [6, 6.07) is 14.5. The largest absolute Gasteiger partial charge is 0.493 e. The van der Waals surface area contributed by atoms with Crippen molar-refractivity contribution in [3.05, 3.63) is 63.6 Å². The predicted octanol–water partition coefficient (Wildman–Crippen LogP) is 4.91. The molecule has 0 saturated heterocycles. The van der Waals surface area contributed by atoms with Gasteiger partial charge in [-0.2, -0.15) is 0 Å². The third kappa shape index (κ3) is 2.80. The van der Waals surface area contributed by atoms with Crippen LogP contribution in [0.15, 0.2) is 46.9 Å². The van der Waals surface area contributed by atoms with E-state index < -0.39 is 0 Å². The first-order chi connectivity index (χ1) is 9.24. The van der Waals surface area contributed by atoms with E-state index in [0.717, 1.165) is 35.2 Å². The minimum Gasteiger partial charge on any atom is -0.493 e. The van der Waals surface area contributed by atoms with Gasteiger partial charge >= 0.3 is 0 Å². The summed E-state index contributed by atoms with van der Waals surface area (Å²) in [6.07, 6.45) is 1.78. The molecule has 19 heavy (non-hydrogen) atoms. The van der Waals surface area contributed by atoms with Crippen molar-refractivity contribution in [3.63, 3.8) is 0 Å². The highest BCUT2D eigenvalue weighted by atomic mass is 79.9. The highest BCUT2D eigenvalue weighted by molar-refractivity contribution is 9.10. The SMILES string of the molecule is ClC(Cc1ccccc1)c1cc(Br)cc2c1OCC2. The summed E-state index contributed by atoms with van der Waals surface area (Å²) in [5, 5.41) is -0.0632. The summed E-state index contributed by atoms with van der Waals surface area (Å²) in [7, 11) is 0. The monoisotopic (exact) mass is 336 g/mol. The highest BCUT2D eigenvalue weighted by Crippen LogP contribution is 2.39. The van der Waals surface area contributed by atoms with Crippen LogP contribution in [0.1, 0.15) is 22.1 Å². The van der Waals surface area contributed by atoms with Gasteiger partial charge in [0.1, 0.15) is 5.75 Å². The van der Waals surface area contributed by atoms with Crippen LogP contribution >= 0.6 is 27.5 Å². The molecule has 0 saturated carbocycles. The van der Waals surface area contributed by atoms with Gasteiger partial charge in [0.25, 0.3) is 0 Å². The first kappa shape index (κ1) is 13.0. The lowest BCUT2D eigenvalue weighted by Gasteiger charge is -2.14. The molecule has 1 heterocycles. The Labute approximate surface area is 126 Å². The van der Waals surface area contributed by atoms with Gasteiger partial charge in [0.2, 0.25) is 0 Å². The fourth-order valence-corrected chi connectivity index (χ4v) is 3.32. The summed E-state index contributed by atoms with van der Waals surface area (Å²) in [5.41, 5.74) is 3.59. The van der Waals surface area contributed by atoms with Crippen LogP contribution in [0.2, 0.25) is 0 Å². The average Bonchev–Trinajstić information content (AvgIpc) is 2.86. The highest BCUT2D eigenvalue weighted by Gasteiger charge is 2.22. The number of fused-ring (bicyclic) bond motifs is 1. The molecule has 1 unspecified atom stereocenters. The van der Waals surface area contributed by atoms with Crippen LogP contribution < -0.4 is 4.74 Å². The molecule has 0 fully saturated rings. The van der Waals surface area contributed by atoms with Crippen molar-refractivity contribution in [2.45, 2.75) is 18.2 Å². The second-order valence-corrected chi connectivity index (χ2v) is 6.18. The van der Waals surface area contributed by atoms with E-state index in [0.29, 0.717) is 0 Å². The van der Waals surface area contributed by atoms with Crippen LogP contribution in [-0.2, 0) is 12.8 Å². The van der Waals surface area contributed by atoms with E-state index in [4.69, 9.17) is 16.3 Å². The van der Waals surface area contributed by atoms with Crippen molar-refractivity contribution in [3.8, 4) is 5.75 Å². The minimum absolute atomic E-state index is 0.0632. The van der Waals surface area contributed by atoms with Crippen LogP contribution in [0.4, 0.5) is 0 Å². The molecule has 2 aromatic rings. The average molecular weight is 338 g/mol. The van der Waals surface area contributed by atoms with E-state index in [1.54, 1.807) is 0 Å². The third-order valence-corrected chi connectivity index (χ3v) is 4.22. The second kappa shape index (κ2) is 5.56. The van der Waals surface area contributed by atoms with E-state index in [1.165, 1.54) is 11.1 Å². The van der Waals surface area contributed by atoms with E-state index in [1.807, 2.05) is 18.2 Å². The molecule has 0 aliphatic carbocycles. The van der Waals surface area contributed by atoms with Gasteiger partial charge < -0.3 is 4.74 Å². The van der Waals surface area contributed by atoms with Crippen LogP contribution in [0, 0.1) is 0 Å². The topological polar surface area (TPSA) is 9.23 Å². The molecule has 3 heteroatoms. The smallest absolute Gasteiger partial charge is 0.127 e. The molecule has 1 nitrogen and oxygen atoms in total. The Kier molecular flexibility index (Phi) is 3.81. The second-order valence-electron chi connectivity index (χ2n) is 4.74. The van der Waals surface area contributed by atoms with Gasteiger partial charge in [-0.1, -0.05) is 46.3 Å². The third-order valence-electron chi connectivity index (χ3n) is 3.37. The fourth-order valence-electron chi connectivity index (χ4n) is 2.46. The van der Waals surface area contributed by atoms with Crippen molar-refractivity contribution >= 4 is 27.5 Å². The van der Waals surface area contributed by atoms with E-state index in [2.05, 4.69) is 40.2 Å². The molecule has 0 N–H and O–H groups in total. The molecule has 1 atom stereocenters.